The van der Waals surface area contributed by atoms with Gasteiger partial charge in [0.25, 0.3) is 5.91 Å². The van der Waals surface area contributed by atoms with Crippen molar-refractivity contribution in [2.24, 2.45) is 5.73 Å². The van der Waals surface area contributed by atoms with E-state index in [4.69, 9.17) is 5.73 Å². The normalized spacial score (nSPS) is 15.1. The Morgan fingerprint density at radius 1 is 1.23 bits per heavy atom. The molecule has 1 aromatic rings. The molecule has 1 aliphatic rings. The molecule has 0 saturated heterocycles. The smallest absolute Gasteiger partial charge is 0.270 e. The van der Waals surface area contributed by atoms with Crippen LogP contribution in [0.5, 0.6) is 0 Å². The van der Waals surface area contributed by atoms with Crippen LogP contribution in [0.3, 0.4) is 0 Å². The van der Waals surface area contributed by atoms with E-state index in [-0.39, 0.29) is 48.7 Å². The second-order valence-corrected chi connectivity index (χ2v) is 5.14. The van der Waals surface area contributed by atoms with Gasteiger partial charge in [0.1, 0.15) is 5.69 Å². The Balaban J connectivity index is 0.00000220. The number of nitrogens with zero attached hydrogens (tertiary/aromatic N) is 1. The fourth-order valence-electron chi connectivity index (χ4n) is 2.52. The number of carbonyl (C=O) groups excluding carboxylic acids is 2. The van der Waals surface area contributed by atoms with E-state index in [0.29, 0.717) is 12.2 Å². The maximum absolute atomic E-state index is 11.9. The lowest BCUT2D eigenvalue weighted by Gasteiger charge is -2.28. The van der Waals surface area contributed by atoms with E-state index in [9.17, 15) is 9.59 Å². The summed E-state index contributed by atoms with van der Waals surface area (Å²) < 4.78 is 0. The topological polar surface area (TPSA) is 97.1 Å². The highest BCUT2D eigenvalue weighted by molar-refractivity contribution is 5.94. The van der Waals surface area contributed by atoms with Crippen molar-refractivity contribution in [1.82, 2.24) is 15.6 Å². The second kappa shape index (κ2) is 9.61. The van der Waals surface area contributed by atoms with Gasteiger partial charge in [-0.3, -0.25) is 14.6 Å². The number of halogens is 2. The Bertz CT molecular complexity index is 479. The highest BCUT2D eigenvalue weighted by atomic mass is 35.5. The zero-order valence-electron chi connectivity index (χ0n) is 12.2. The summed E-state index contributed by atoms with van der Waals surface area (Å²) in [5.74, 6) is -0.560. The van der Waals surface area contributed by atoms with E-state index in [1.54, 1.807) is 18.2 Å². The summed E-state index contributed by atoms with van der Waals surface area (Å²) in [4.78, 5) is 27.6. The van der Waals surface area contributed by atoms with E-state index in [1.165, 1.54) is 6.20 Å². The molecule has 1 aliphatic carbocycles. The lowest BCUT2D eigenvalue weighted by Crippen LogP contribution is -2.54. The highest BCUT2D eigenvalue weighted by Gasteiger charge is 2.33. The molecule has 2 rings (SSSR count). The van der Waals surface area contributed by atoms with Crippen LogP contribution in [-0.4, -0.2) is 35.4 Å². The van der Waals surface area contributed by atoms with Crippen LogP contribution in [0.2, 0.25) is 0 Å². The molecule has 1 saturated carbocycles. The van der Waals surface area contributed by atoms with Gasteiger partial charge in [0.15, 0.2) is 0 Å². The molecule has 0 radical (unpaired) electrons. The van der Waals surface area contributed by atoms with E-state index in [0.717, 1.165) is 25.7 Å². The molecule has 8 heteroatoms. The minimum Gasteiger partial charge on any atom is -0.348 e. The van der Waals surface area contributed by atoms with Gasteiger partial charge >= 0.3 is 0 Å². The highest BCUT2D eigenvalue weighted by Crippen LogP contribution is 2.28. The van der Waals surface area contributed by atoms with Crippen molar-refractivity contribution in [2.45, 2.75) is 31.2 Å². The fraction of sp³-hybridized carbons (Fsp3) is 0.500. The van der Waals surface area contributed by atoms with Gasteiger partial charge in [0, 0.05) is 12.7 Å². The fourth-order valence-corrected chi connectivity index (χ4v) is 2.52. The van der Waals surface area contributed by atoms with E-state index < -0.39 is 0 Å². The zero-order chi connectivity index (χ0) is 14.4. The SMILES string of the molecule is Cl.Cl.NCC1(NC(=O)CNC(=O)c2ccccn2)CCCC1. The molecule has 22 heavy (non-hydrogen) atoms. The summed E-state index contributed by atoms with van der Waals surface area (Å²) in [6.07, 6.45) is 5.51. The summed E-state index contributed by atoms with van der Waals surface area (Å²) in [5, 5.41) is 5.51. The third-order valence-corrected chi connectivity index (χ3v) is 3.66. The van der Waals surface area contributed by atoms with Crippen molar-refractivity contribution in [3.8, 4) is 0 Å². The number of carbonyl (C=O) groups is 2. The summed E-state index contributed by atoms with van der Waals surface area (Å²) in [5.41, 5.74) is 5.77. The first kappa shape index (κ1) is 20.6. The maximum atomic E-state index is 11.9. The molecule has 0 spiro atoms. The Labute approximate surface area is 142 Å². The van der Waals surface area contributed by atoms with Crippen molar-refractivity contribution >= 4 is 36.6 Å². The zero-order valence-corrected chi connectivity index (χ0v) is 13.8. The molecule has 4 N–H and O–H groups in total. The quantitative estimate of drug-likeness (QED) is 0.740. The van der Waals surface area contributed by atoms with Gasteiger partial charge in [-0.15, -0.1) is 24.8 Å². The molecule has 0 aromatic carbocycles. The lowest BCUT2D eigenvalue weighted by atomic mass is 9.98. The molecular formula is C14H22Cl2N4O2. The number of hydrogen-bond acceptors (Lipinski definition) is 4. The first-order valence-electron chi connectivity index (χ1n) is 6.85. The van der Waals surface area contributed by atoms with Crippen LogP contribution in [0.25, 0.3) is 0 Å². The number of amides is 2. The molecule has 0 atom stereocenters. The third kappa shape index (κ3) is 5.44. The molecule has 124 valence electrons. The van der Waals surface area contributed by atoms with Crippen LogP contribution in [-0.2, 0) is 4.79 Å². The van der Waals surface area contributed by atoms with Crippen molar-refractivity contribution in [1.29, 1.82) is 0 Å². The predicted molar refractivity (Wildman–Crippen MR) is 89.5 cm³/mol. The van der Waals surface area contributed by atoms with E-state index >= 15 is 0 Å². The first-order chi connectivity index (χ1) is 9.65. The summed E-state index contributed by atoms with van der Waals surface area (Å²) in [6.45, 7) is 0.379. The van der Waals surface area contributed by atoms with Crippen LogP contribution >= 0.6 is 24.8 Å². The first-order valence-corrected chi connectivity index (χ1v) is 6.85. The van der Waals surface area contributed by atoms with Crippen LogP contribution in [0.4, 0.5) is 0 Å². The van der Waals surface area contributed by atoms with Gasteiger partial charge in [-0.05, 0) is 25.0 Å². The van der Waals surface area contributed by atoms with Crippen molar-refractivity contribution in [2.75, 3.05) is 13.1 Å². The van der Waals surface area contributed by atoms with Crippen molar-refractivity contribution in [3.05, 3.63) is 30.1 Å². The number of rotatable bonds is 5. The molecule has 1 heterocycles. The Morgan fingerprint density at radius 3 is 2.45 bits per heavy atom. The van der Waals surface area contributed by atoms with Gasteiger partial charge in [-0.25, -0.2) is 0 Å². The average Bonchev–Trinajstić information content (AvgIpc) is 2.95. The summed E-state index contributed by atoms with van der Waals surface area (Å²) >= 11 is 0. The third-order valence-electron chi connectivity index (χ3n) is 3.66. The minimum absolute atomic E-state index is 0. The monoisotopic (exact) mass is 348 g/mol. The standard InChI is InChI=1S/C14H20N4O2.2ClH/c15-10-14(6-2-3-7-14)18-12(19)9-17-13(20)11-5-1-4-8-16-11;;/h1,4-5,8H,2-3,6-7,9-10,15H2,(H,17,20)(H,18,19);2*1H. The Morgan fingerprint density at radius 2 is 1.91 bits per heavy atom. The molecule has 0 unspecified atom stereocenters. The van der Waals surface area contributed by atoms with Crippen LogP contribution in [0.1, 0.15) is 36.2 Å². The molecular weight excluding hydrogens is 327 g/mol. The van der Waals surface area contributed by atoms with Crippen LogP contribution in [0, 0.1) is 0 Å². The van der Waals surface area contributed by atoms with Crippen LogP contribution in [0.15, 0.2) is 24.4 Å². The molecule has 0 bridgehead atoms. The van der Waals surface area contributed by atoms with Gasteiger partial charge < -0.3 is 16.4 Å². The second-order valence-electron chi connectivity index (χ2n) is 5.14. The average molecular weight is 349 g/mol. The summed E-state index contributed by atoms with van der Waals surface area (Å²) in [7, 11) is 0. The minimum atomic E-state index is -0.353. The largest absolute Gasteiger partial charge is 0.348 e. The molecule has 2 amide bonds. The van der Waals surface area contributed by atoms with E-state index in [2.05, 4.69) is 15.6 Å². The molecule has 6 nitrogen and oxygen atoms in total. The Kier molecular flexibility index (Phi) is 9.01. The molecule has 1 fully saturated rings. The molecule has 0 aliphatic heterocycles. The van der Waals surface area contributed by atoms with Gasteiger partial charge in [0.05, 0.1) is 12.1 Å². The number of nitrogens with two attached hydrogens (primary N) is 1. The molecule has 1 aromatic heterocycles. The van der Waals surface area contributed by atoms with Gasteiger partial charge in [-0.1, -0.05) is 18.9 Å². The Hall–Kier alpha value is -1.37. The number of nitrogens with one attached hydrogen (secondary N) is 2. The van der Waals surface area contributed by atoms with Gasteiger partial charge in [0.2, 0.25) is 5.91 Å². The maximum Gasteiger partial charge on any atom is 0.270 e. The van der Waals surface area contributed by atoms with Crippen LogP contribution < -0.4 is 16.4 Å². The van der Waals surface area contributed by atoms with Gasteiger partial charge in [-0.2, -0.15) is 0 Å². The van der Waals surface area contributed by atoms with E-state index in [1.807, 2.05) is 0 Å². The van der Waals surface area contributed by atoms with Crippen molar-refractivity contribution in [3.63, 3.8) is 0 Å². The number of pyridine rings is 1. The number of aromatic nitrogens is 1. The lowest BCUT2D eigenvalue weighted by molar-refractivity contribution is -0.121. The van der Waals surface area contributed by atoms with Crippen molar-refractivity contribution < 1.29 is 9.59 Å². The summed E-state index contributed by atoms with van der Waals surface area (Å²) in [6, 6.07) is 5.06. The predicted octanol–water partition coefficient (Wildman–Crippen LogP) is 1.04. The number of hydrogen-bond donors (Lipinski definition) is 3.